The molecule has 1 saturated carbocycles. The Bertz CT molecular complexity index is 580. The fourth-order valence-corrected chi connectivity index (χ4v) is 3.10. The van der Waals surface area contributed by atoms with Crippen LogP contribution in [0.1, 0.15) is 52.0 Å². The van der Waals surface area contributed by atoms with Crippen molar-refractivity contribution in [2.45, 2.75) is 57.6 Å². The first-order chi connectivity index (χ1) is 10.2. The van der Waals surface area contributed by atoms with Crippen molar-refractivity contribution in [3.63, 3.8) is 0 Å². The summed E-state index contributed by atoms with van der Waals surface area (Å²) in [4.78, 5) is 24.9. The lowest BCUT2D eigenvalue weighted by molar-refractivity contribution is -0.128. The molecule has 2 rings (SSSR count). The highest BCUT2D eigenvalue weighted by molar-refractivity contribution is 6.31. The summed E-state index contributed by atoms with van der Waals surface area (Å²) in [7, 11) is 0. The molecular formula is C17H22ClNO3. The van der Waals surface area contributed by atoms with E-state index in [-0.39, 0.29) is 5.78 Å². The number of alkyl carbamates (subject to hydrolysis) is 1. The Morgan fingerprint density at radius 1 is 1.27 bits per heavy atom. The molecule has 0 bridgehead atoms. The largest absolute Gasteiger partial charge is 0.444 e. The van der Waals surface area contributed by atoms with E-state index in [0.717, 1.165) is 12.8 Å². The van der Waals surface area contributed by atoms with Gasteiger partial charge in [0.15, 0.2) is 5.78 Å². The molecule has 0 saturated heterocycles. The average molecular weight is 324 g/mol. The van der Waals surface area contributed by atoms with Crippen molar-refractivity contribution in [2.24, 2.45) is 0 Å². The van der Waals surface area contributed by atoms with E-state index in [1.54, 1.807) is 39.0 Å². The summed E-state index contributed by atoms with van der Waals surface area (Å²) in [5, 5.41) is 3.28. The van der Waals surface area contributed by atoms with Gasteiger partial charge >= 0.3 is 6.09 Å². The number of nitrogens with one attached hydrogen (secondary N) is 1. The lowest BCUT2D eigenvalue weighted by Gasteiger charge is -2.37. The zero-order chi connectivity index (χ0) is 16.4. The average Bonchev–Trinajstić information content (AvgIpc) is 2.40. The second kappa shape index (κ2) is 6.29. The van der Waals surface area contributed by atoms with Crippen LogP contribution in [0.3, 0.4) is 0 Å². The zero-order valence-corrected chi connectivity index (χ0v) is 14.0. The van der Waals surface area contributed by atoms with Crippen LogP contribution in [0.15, 0.2) is 24.3 Å². The van der Waals surface area contributed by atoms with Gasteiger partial charge in [0.05, 0.1) is 0 Å². The van der Waals surface area contributed by atoms with Crippen LogP contribution in [0, 0.1) is 0 Å². The molecule has 1 atom stereocenters. The number of ketones is 1. The number of carbonyl (C=O) groups is 2. The second-order valence-corrected chi connectivity index (χ2v) is 7.05. The number of halogens is 1. The quantitative estimate of drug-likeness (QED) is 0.887. The highest BCUT2D eigenvalue weighted by Gasteiger charge is 2.44. The molecule has 0 spiro atoms. The SMILES string of the molecule is CC(C)(C)OC(=O)NC1(c2ccccc2Cl)CCCCC1=O. The Morgan fingerprint density at radius 3 is 2.55 bits per heavy atom. The molecule has 120 valence electrons. The Morgan fingerprint density at radius 2 is 1.95 bits per heavy atom. The summed E-state index contributed by atoms with van der Waals surface area (Å²) in [6, 6.07) is 7.15. The molecule has 4 nitrogen and oxygen atoms in total. The monoisotopic (exact) mass is 323 g/mol. The molecule has 0 heterocycles. The number of Topliss-reactive ketones (excluding diaryl/α,β-unsaturated/α-hetero) is 1. The number of rotatable bonds is 2. The minimum absolute atomic E-state index is 0.0160. The zero-order valence-electron chi connectivity index (χ0n) is 13.2. The Labute approximate surface area is 136 Å². The lowest BCUT2D eigenvalue weighted by Crippen LogP contribution is -2.54. The summed E-state index contributed by atoms with van der Waals surface area (Å²) in [6.45, 7) is 5.37. The molecule has 1 aromatic carbocycles. The molecule has 22 heavy (non-hydrogen) atoms. The number of ether oxygens (including phenoxy) is 1. The van der Waals surface area contributed by atoms with E-state index in [4.69, 9.17) is 16.3 Å². The van der Waals surface area contributed by atoms with Crippen LogP contribution in [0.4, 0.5) is 4.79 Å². The van der Waals surface area contributed by atoms with Crippen molar-refractivity contribution in [1.82, 2.24) is 5.32 Å². The number of carbonyl (C=O) groups excluding carboxylic acids is 2. The highest BCUT2D eigenvalue weighted by Crippen LogP contribution is 2.38. The van der Waals surface area contributed by atoms with Crippen LogP contribution in [0.2, 0.25) is 5.02 Å². The van der Waals surface area contributed by atoms with Crippen molar-refractivity contribution in [3.8, 4) is 0 Å². The molecule has 1 aliphatic rings. The third-order valence-corrected chi connectivity index (χ3v) is 4.06. The molecule has 1 N–H and O–H groups in total. The summed E-state index contributed by atoms with van der Waals surface area (Å²) in [6.07, 6.45) is 2.06. The van der Waals surface area contributed by atoms with Crippen molar-refractivity contribution >= 4 is 23.5 Å². The van der Waals surface area contributed by atoms with Gasteiger partial charge in [0, 0.05) is 17.0 Å². The standard InChI is InChI=1S/C17H22ClNO3/c1-16(2,3)22-15(21)19-17(11-7-6-10-14(17)20)12-8-4-5-9-13(12)18/h4-5,8-9H,6-7,10-11H2,1-3H3,(H,19,21). The van der Waals surface area contributed by atoms with Crippen molar-refractivity contribution < 1.29 is 14.3 Å². The molecule has 1 unspecified atom stereocenters. The predicted octanol–water partition coefficient (Wildman–Crippen LogP) is 4.20. The van der Waals surface area contributed by atoms with Gasteiger partial charge in [0.25, 0.3) is 0 Å². The normalized spacial score (nSPS) is 22.3. The number of amides is 1. The maximum absolute atomic E-state index is 12.6. The second-order valence-electron chi connectivity index (χ2n) is 6.64. The molecule has 0 aromatic heterocycles. The Hall–Kier alpha value is -1.55. The van der Waals surface area contributed by atoms with Crippen LogP contribution < -0.4 is 5.32 Å². The van der Waals surface area contributed by atoms with Gasteiger partial charge in [-0.15, -0.1) is 0 Å². The van der Waals surface area contributed by atoms with E-state index in [1.165, 1.54) is 0 Å². The fraction of sp³-hybridized carbons (Fsp3) is 0.529. The molecule has 5 heteroatoms. The van der Waals surface area contributed by atoms with E-state index in [2.05, 4.69) is 5.32 Å². The topological polar surface area (TPSA) is 55.4 Å². The minimum atomic E-state index is -1.08. The van der Waals surface area contributed by atoms with Gasteiger partial charge in [-0.05, 0) is 46.1 Å². The van der Waals surface area contributed by atoms with E-state index in [9.17, 15) is 9.59 Å². The number of hydrogen-bond donors (Lipinski definition) is 1. The van der Waals surface area contributed by atoms with E-state index >= 15 is 0 Å². The molecule has 1 aromatic rings. The van der Waals surface area contributed by atoms with Gasteiger partial charge in [-0.25, -0.2) is 4.79 Å². The summed E-state index contributed by atoms with van der Waals surface area (Å²) >= 11 is 6.28. The van der Waals surface area contributed by atoms with Crippen LogP contribution in [0.25, 0.3) is 0 Å². The van der Waals surface area contributed by atoms with E-state index in [0.29, 0.717) is 23.4 Å². The molecule has 1 amide bonds. The molecule has 0 radical (unpaired) electrons. The highest BCUT2D eigenvalue weighted by atomic mass is 35.5. The maximum atomic E-state index is 12.6. The first-order valence-electron chi connectivity index (χ1n) is 7.54. The molecule has 1 aliphatic carbocycles. The maximum Gasteiger partial charge on any atom is 0.408 e. The number of benzene rings is 1. The van der Waals surface area contributed by atoms with Crippen LogP contribution in [0.5, 0.6) is 0 Å². The van der Waals surface area contributed by atoms with Crippen molar-refractivity contribution in [1.29, 1.82) is 0 Å². The first-order valence-corrected chi connectivity index (χ1v) is 7.92. The van der Waals surface area contributed by atoms with Gasteiger partial charge in [0.2, 0.25) is 0 Å². The van der Waals surface area contributed by atoms with E-state index in [1.807, 2.05) is 6.07 Å². The van der Waals surface area contributed by atoms with Gasteiger partial charge in [0.1, 0.15) is 11.1 Å². The van der Waals surface area contributed by atoms with Gasteiger partial charge in [-0.2, -0.15) is 0 Å². The summed E-state index contributed by atoms with van der Waals surface area (Å²) < 4.78 is 5.33. The van der Waals surface area contributed by atoms with Gasteiger partial charge < -0.3 is 10.1 Å². The lowest BCUT2D eigenvalue weighted by atomic mass is 9.75. The number of hydrogen-bond acceptors (Lipinski definition) is 3. The van der Waals surface area contributed by atoms with Gasteiger partial charge in [-0.1, -0.05) is 29.8 Å². The molecule has 0 aliphatic heterocycles. The molecule has 1 fully saturated rings. The fourth-order valence-electron chi connectivity index (χ4n) is 2.80. The van der Waals surface area contributed by atoms with Crippen LogP contribution in [-0.4, -0.2) is 17.5 Å². The van der Waals surface area contributed by atoms with Gasteiger partial charge in [-0.3, -0.25) is 4.79 Å². The minimum Gasteiger partial charge on any atom is -0.444 e. The van der Waals surface area contributed by atoms with Crippen LogP contribution >= 0.6 is 11.6 Å². The molecular weight excluding hydrogens is 302 g/mol. The van der Waals surface area contributed by atoms with E-state index < -0.39 is 17.2 Å². The van der Waals surface area contributed by atoms with Crippen molar-refractivity contribution in [3.05, 3.63) is 34.9 Å². The van der Waals surface area contributed by atoms with Crippen LogP contribution in [-0.2, 0) is 15.1 Å². The first kappa shape index (κ1) is 16.8. The summed E-state index contributed by atoms with van der Waals surface area (Å²) in [5.74, 6) is -0.0160. The Balaban J connectivity index is 2.37. The third-order valence-electron chi connectivity index (χ3n) is 3.73. The third kappa shape index (κ3) is 3.61. The smallest absolute Gasteiger partial charge is 0.408 e. The summed E-state index contributed by atoms with van der Waals surface area (Å²) in [5.41, 5.74) is -1.06. The van der Waals surface area contributed by atoms with Crippen molar-refractivity contribution in [2.75, 3.05) is 0 Å². The Kier molecular flexibility index (Phi) is 4.81. The predicted molar refractivity (Wildman–Crippen MR) is 86.0 cm³/mol.